The average Bonchev–Trinajstić information content (AvgIpc) is 2.41. The number of ether oxygens (including phenoxy) is 1. The van der Waals surface area contributed by atoms with Crippen LogP contribution in [-0.2, 0) is 5.60 Å². The maximum Gasteiger partial charge on any atom is 0.165 e. The van der Waals surface area contributed by atoms with Crippen LogP contribution in [0.3, 0.4) is 0 Å². The molecule has 0 fully saturated rings. The lowest BCUT2D eigenvalue weighted by molar-refractivity contribution is 0.0965. The van der Waals surface area contributed by atoms with Crippen molar-refractivity contribution >= 4 is 0 Å². The minimum atomic E-state index is -1.86. The summed E-state index contributed by atoms with van der Waals surface area (Å²) in [7, 11) is 1.31. The molecule has 2 aromatic carbocycles. The molecule has 0 bridgehead atoms. The van der Waals surface area contributed by atoms with Crippen LogP contribution in [0.15, 0.2) is 36.4 Å². The predicted octanol–water partition coefficient (Wildman–Crippen LogP) is 3.37. The Balaban J connectivity index is 2.54. The number of aliphatic hydroxyl groups is 1. The van der Waals surface area contributed by atoms with Crippen LogP contribution in [0.25, 0.3) is 0 Å². The first-order valence-electron chi connectivity index (χ1n) is 5.88. The summed E-state index contributed by atoms with van der Waals surface area (Å²) in [6.45, 7) is 1.27. The van der Waals surface area contributed by atoms with Gasteiger partial charge in [-0.05, 0) is 30.7 Å². The van der Waals surface area contributed by atoms with E-state index < -0.39 is 23.1 Å². The van der Waals surface area contributed by atoms with Gasteiger partial charge in [0, 0.05) is 5.56 Å². The van der Waals surface area contributed by atoms with Crippen LogP contribution in [0, 0.1) is 17.5 Å². The Morgan fingerprint density at radius 3 is 2.35 bits per heavy atom. The van der Waals surface area contributed by atoms with Crippen LogP contribution in [0.1, 0.15) is 18.1 Å². The zero-order valence-electron chi connectivity index (χ0n) is 11.0. The third kappa shape index (κ3) is 2.36. The van der Waals surface area contributed by atoms with E-state index in [1.807, 2.05) is 0 Å². The smallest absolute Gasteiger partial charge is 0.165 e. The van der Waals surface area contributed by atoms with Crippen LogP contribution in [0.4, 0.5) is 13.2 Å². The van der Waals surface area contributed by atoms with Crippen LogP contribution in [0.5, 0.6) is 5.75 Å². The Kier molecular flexibility index (Phi) is 3.72. The SMILES string of the molecule is COc1ccc(C(C)(O)c2cccc(F)c2F)cc1F. The highest BCUT2D eigenvalue weighted by Crippen LogP contribution is 2.33. The Labute approximate surface area is 114 Å². The highest BCUT2D eigenvalue weighted by molar-refractivity contribution is 5.39. The van der Waals surface area contributed by atoms with Crippen LogP contribution in [0.2, 0.25) is 0 Å². The van der Waals surface area contributed by atoms with Gasteiger partial charge < -0.3 is 9.84 Å². The van der Waals surface area contributed by atoms with Gasteiger partial charge in [-0.2, -0.15) is 0 Å². The summed E-state index contributed by atoms with van der Waals surface area (Å²) in [5.41, 5.74) is -2.03. The second-order valence-electron chi connectivity index (χ2n) is 4.52. The van der Waals surface area contributed by atoms with Crippen molar-refractivity contribution in [1.82, 2.24) is 0 Å². The number of rotatable bonds is 3. The molecule has 1 atom stereocenters. The topological polar surface area (TPSA) is 29.5 Å². The predicted molar refractivity (Wildman–Crippen MR) is 68.0 cm³/mol. The molecule has 0 saturated heterocycles. The van der Waals surface area contributed by atoms with Gasteiger partial charge in [0.05, 0.1) is 7.11 Å². The van der Waals surface area contributed by atoms with Gasteiger partial charge in [0.25, 0.3) is 0 Å². The molecule has 2 nitrogen and oxygen atoms in total. The number of hydrogen-bond acceptors (Lipinski definition) is 2. The van der Waals surface area contributed by atoms with E-state index in [-0.39, 0.29) is 16.9 Å². The van der Waals surface area contributed by atoms with Crippen molar-refractivity contribution in [3.8, 4) is 5.75 Å². The highest BCUT2D eigenvalue weighted by atomic mass is 19.2. The van der Waals surface area contributed by atoms with Gasteiger partial charge >= 0.3 is 0 Å². The van der Waals surface area contributed by atoms with Gasteiger partial charge in [0.1, 0.15) is 5.60 Å². The monoisotopic (exact) mass is 282 g/mol. The van der Waals surface area contributed by atoms with Crippen molar-refractivity contribution in [2.45, 2.75) is 12.5 Å². The van der Waals surface area contributed by atoms with Gasteiger partial charge in [-0.3, -0.25) is 0 Å². The minimum Gasteiger partial charge on any atom is -0.494 e. The zero-order valence-corrected chi connectivity index (χ0v) is 11.0. The molecule has 0 aliphatic heterocycles. The molecule has 0 aliphatic rings. The van der Waals surface area contributed by atoms with Crippen LogP contribution < -0.4 is 4.74 Å². The van der Waals surface area contributed by atoms with Crippen molar-refractivity contribution in [2.75, 3.05) is 7.11 Å². The summed E-state index contributed by atoms with van der Waals surface area (Å²) >= 11 is 0. The molecule has 2 rings (SSSR count). The third-order valence-electron chi connectivity index (χ3n) is 3.19. The van der Waals surface area contributed by atoms with E-state index in [0.29, 0.717) is 0 Å². The summed E-state index contributed by atoms with van der Waals surface area (Å²) in [6.07, 6.45) is 0. The maximum atomic E-state index is 13.8. The molecule has 20 heavy (non-hydrogen) atoms. The fourth-order valence-corrected chi connectivity index (χ4v) is 2.00. The minimum absolute atomic E-state index is 0.00395. The van der Waals surface area contributed by atoms with E-state index in [4.69, 9.17) is 4.74 Å². The van der Waals surface area contributed by atoms with Gasteiger partial charge in [-0.15, -0.1) is 0 Å². The number of benzene rings is 2. The Hall–Kier alpha value is -2.01. The molecule has 0 saturated carbocycles. The number of halogens is 3. The fraction of sp³-hybridized carbons (Fsp3) is 0.200. The van der Waals surface area contributed by atoms with Gasteiger partial charge in [0.15, 0.2) is 23.2 Å². The summed E-state index contributed by atoms with van der Waals surface area (Å²) in [5.74, 6) is -2.92. The molecule has 2 aromatic rings. The van der Waals surface area contributed by atoms with E-state index in [1.165, 1.54) is 38.3 Å². The molecular weight excluding hydrogens is 269 g/mol. The molecule has 1 N–H and O–H groups in total. The highest BCUT2D eigenvalue weighted by Gasteiger charge is 2.30. The lowest BCUT2D eigenvalue weighted by Gasteiger charge is -2.25. The Morgan fingerprint density at radius 2 is 1.75 bits per heavy atom. The molecule has 0 spiro atoms. The van der Waals surface area contributed by atoms with E-state index >= 15 is 0 Å². The molecule has 0 heterocycles. The fourth-order valence-electron chi connectivity index (χ4n) is 2.00. The summed E-state index contributed by atoms with van der Waals surface area (Å²) in [4.78, 5) is 0. The summed E-state index contributed by atoms with van der Waals surface area (Å²) < 4.78 is 45.5. The van der Waals surface area contributed by atoms with Crippen molar-refractivity contribution in [2.24, 2.45) is 0 Å². The van der Waals surface area contributed by atoms with Crippen LogP contribution in [-0.4, -0.2) is 12.2 Å². The standard InChI is InChI=1S/C15H13F3O2/c1-15(19,10-4-3-5-11(16)14(10)18)9-6-7-13(20-2)12(17)8-9/h3-8,19H,1-2H3. The molecule has 0 aliphatic carbocycles. The van der Waals surface area contributed by atoms with E-state index in [0.717, 1.165) is 12.1 Å². The molecule has 0 amide bonds. The lowest BCUT2D eigenvalue weighted by atomic mass is 9.87. The molecule has 0 radical (unpaired) electrons. The van der Waals surface area contributed by atoms with Crippen molar-refractivity contribution in [3.63, 3.8) is 0 Å². The summed E-state index contributed by atoms with van der Waals surface area (Å²) in [5, 5.41) is 10.4. The van der Waals surface area contributed by atoms with Crippen molar-refractivity contribution in [3.05, 3.63) is 65.0 Å². The molecule has 5 heteroatoms. The number of methoxy groups -OCH3 is 1. The normalized spacial score (nSPS) is 13.9. The molecular formula is C15H13F3O2. The average molecular weight is 282 g/mol. The Morgan fingerprint density at radius 1 is 1.05 bits per heavy atom. The van der Waals surface area contributed by atoms with Gasteiger partial charge in [0.2, 0.25) is 0 Å². The van der Waals surface area contributed by atoms with E-state index in [9.17, 15) is 18.3 Å². The lowest BCUT2D eigenvalue weighted by Crippen LogP contribution is -2.25. The van der Waals surface area contributed by atoms with E-state index in [2.05, 4.69) is 0 Å². The summed E-state index contributed by atoms with van der Waals surface area (Å²) in [6, 6.07) is 7.22. The third-order valence-corrected chi connectivity index (χ3v) is 3.19. The van der Waals surface area contributed by atoms with Gasteiger partial charge in [-0.25, -0.2) is 13.2 Å². The first-order valence-corrected chi connectivity index (χ1v) is 5.88. The maximum absolute atomic E-state index is 13.8. The second kappa shape index (κ2) is 5.17. The quantitative estimate of drug-likeness (QED) is 0.935. The largest absolute Gasteiger partial charge is 0.494 e. The second-order valence-corrected chi connectivity index (χ2v) is 4.52. The van der Waals surface area contributed by atoms with Crippen LogP contribution >= 0.6 is 0 Å². The zero-order chi connectivity index (χ0) is 14.9. The van der Waals surface area contributed by atoms with Crippen molar-refractivity contribution < 1.29 is 23.0 Å². The first-order chi connectivity index (χ1) is 9.37. The van der Waals surface area contributed by atoms with E-state index in [1.54, 1.807) is 0 Å². The number of hydrogen-bond donors (Lipinski definition) is 1. The first kappa shape index (κ1) is 14.4. The molecule has 106 valence electrons. The van der Waals surface area contributed by atoms with Crippen molar-refractivity contribution in [1.29, 1.82) is 0 Å². The Bertz CT molecular complexity index is 639. The molecule has 1 unspecified atom stereocenters. The van der Waals surface area contributed by atoms with Gasteiger partial charge in [-0.1, -0.05) is 18.2 Å². The molecule has 0 aromatic heterocycles.